The summed E-state index contributed by atoms with van der Waals surface area (Å²) in [6.07, 6.45) is 14.8. The Morgan fingerprint density at radius 2 is 1.18 bits per heavy atom. The molecule has 1 atom stereocenters. The van der Waals surface area contributed by atoms with E-state index in [4.69, 9.17) is 0 Å². The van der Waals surface area contributed by atoms with Gasteiger partial charge in [-0.25, -0.2) is 0 Å². The average molecular weight is 719 g/mol. The first kappa shape index (κ1) is 32.2. The molecule has 1 heteroatoms. The van der Waals surface area contributed by atoms with Gasteiger partial charge < -0.3 is 0 Å². The van der Waals surface area contributed by atoms with Gasteiger partial charge in [0.1, 0.15) is 0 Å². The lowest BCUT2D eigenvalue weighted by atomic mass is 9.70. The molecule has 0 bridgehead atoms. The van der Waals surface area contributed by atoms with Gasteiger partial charge in [-0.05, 0) is 107 Å². The minimum absolute atomic E-state index is 0.270. The summed E-state index contributed by atoms with van der Waals surface area (Å²) in [7, 11) is 0. The molecule has 0 radical (unpaired) electrons. The molecular weight excluding hydrogens is 681 g/mol. The third-order valence-electron chi connectivity index (χ3n) is 12.0. The predicted molar refractivity (Wildman–Crippen MR) is 237 cm³/mol. The van der Waals surface area contributed by atoms with Crippen molar-refractivity contribution in [3.8, 4) is 33.4 Å². The summed E-state index contributed by atoms with van der Waals surface area (Å²) in [5.74, 6) is 0.270. The Hall–Kier alpha value is -6.28. The fraction of sp³-hybridized carbons (Fsp3) is 0.0741. The number of thiophene rings is 1. The first-order valence-electron chi connectivity index (χ1n) is 19.5. The highest BCUT2D eigenvalue weighted by molar-refractivity contribution is 7.12. The molecular formula is C54H38S. The second kappa shape index (κ2) is 13.2. The minimum atomic E-state index is 0.270. The number of benzene rings is 7. The van der Waals surface area contributed by atoms with E-state index in [0.29, 0.717) is 0 Å². The van der Waals surface area contributed by atoms with Crippen LogP contribution in [0.3, 0.4) is 0 Å². The summed E-state index contributed by atoms with van der Waals surface area (Å²) >= 11 is 1.89. The van der Waals surface area contributed by atoms with Crippen molar-refractivity contribution in [3.63, 3.8) is 0 Å². The Morgan fingerprint density at radius 3 is 1.98 bits per heavy atom. The number of hydrogen-bond donors (Lipinski definition) is 0. The molecule has 0 nitrogen and oxygen atoms in total. The summed E-state index contributed by atoms with van der Waals surface area (Å²) in [5.41, 5.74) is 19.0. The van der Waals surface area contributed by atoms with Crippen molar-refractivity contribution in [2.24, 2.45) is 5.92 Å². The van der Waals surface area contributed by atoms with Crippen LogP contribution in [0.25, 0.3) is 77.7 Å². The van der Waals surface area contributed by atoms with Gasteiger partial charge in [-0.3, -0.25) is 0 Å². The maximum atomic E-state index is 2.41. The monoisotopic (exact) mass is 718 g/mol. The zero-order valence-corrected chi connectivity index (χ0v) is 31.3. The van der Waals surface area contributed by atoms with Gasteiger partial charge in [0, 0.05) is 27.5 Å². The van der Waals surface area contributed by atoms with Crippen molar-refractivity contribution < 1.29 is 0 Å². The highest BCUT2D eigenvalue weighted by atomic mass is 32.1. The van der Waals surface area contributed by atoms with Crippen LogP contribution in [0.1, 0.15) is 45.5 Å². The van der Waals surface area contributed by atoms with Crippen molar-refractivity contribution in [2.45, 2.75) is 19.3 Å². The smallest absolute Gasteiger partial charge is 0.0433 e. The Labute approximate surface area is 326 Å². The zero-order valence-electron chi connectivity index (χ0n) is 30.5. The van der Waals surface area contributed by atoms with E-state index in [-0.39, 0.29) is 5.92 Å². The van der Waals surface area contributed by atoms with Crippen LogP contribution in [0.2, 0.25) is 0 Å². The van der Waals surface area contributed by atoms with Crippen molar-refractivity contribution in [1.82, 2.24) is 0 Å². The van der Waals surface area contributed by atoms with E-state index in [0.717, 1.165) is 19.3 Å². The van der Waals surface area contributed by atoms with Crippen LogP contribution in [0.5, 0.6) is 0 Å². The molecule has 3 aliphatic rings. The summed E-state index contributed by atoms with van der Waals surface area (Å²) < 4.78 is 0. The average Bonchev–Trinajstić information content (AvgIpc) is 3.71. The number of fused-ring (bicyclic) bond motifs is 6. The van der Waals surface area contributed by atoms with E-state index in [1.807, 2.05) is 11.3 Å². The molecule has 1 unspecified atom stereocenters. The maximum Gasteiger partial charge on any atom is 0.0433 e. The van der Waals surface area contributed by atoms with Crippen LogP contribution in [-0.4, -0.2) is 0 Å². The second-order valence-electron chi connectivity index (χ2n) is 14.9. The SMILES string of the molecule is C1=CCC2C(=C1)c1c(-c3ccccc3)csc1C(c1ccccc1)=C2c1ccc(-c2c3c(c(-c4cccc5ccccc45)c4ccccc24)CCC=C3)cc1. The molecule has 55 heavy (non-hydrogen) atoms. The zero-order chi connectivity index (χ0) is 36.3. The lowest BCUT2D eigenvalue weighted by molar-refractivity contribution is 0.861. The van der Waals surface area contributed by atoms with Crippen LogP contribution in [0, 0.1) is 5.92 Å². The summed E-state index contributed by atoms with van der Waals surface area (Å²) in [4.78, 5) is 1.37. The molecule has 0 aliphatic heterocycles. The molecule has 0 fully saturated rings. The van der Waals surface area contributed by atoms with Gasteiger partial charge in [-0.2, -0.15) is 0 Å². The van der Waals surface area contributed by atoms with Gasteiger partial charge in [-0.15, -0.1) is 11.3 Å². The van der Waals surface area contributed by atoms with E-state index < -0.39 is 0 Å². The quantitative estimate of drug-likeness (QED) is 0.166. The highest BCUT2D eigenvalue weighted by Crippen LogP contribution is 2.56. The molecule has 1 aromatic heterocycles. The van der Waals surface area contributed by atoms with Crippen LogP contribution >= 0.6 is 11.3 Å². The summed E-state index contributed by atoms with van der Waals surface area (Å²) in [6.45, 7) is 0. The minimum Gasteiger partial charge on any atom is -0.142 e. The fourth-order valence-corrected chi connectivity index (χ4v) is 10.8. The van der Waals surface area contributed by atoms with Gasteiger partial charge in [-0.1, -0.05) is 182 Å². The number of allylic oxidation sites excluding steroid dienone is 6. The predicted octanol–water partition coefficient (Wildman–Crippen LogP) is 14.9. The van der Waals surface area contributed by atoms with Crippen LogP contribution in [0.4, 0.5) is 0 Å². The Morgan fingerprint density at radius 1 is 0.509 bits per heavy atom. The van der Waals surface area contributed by atoms with Crippen LogP contribution < -0.4 is 0 Å². The first-order chi connectivity index (χ1) is 27.3. The van der Waals surface area contributed by atoms with E-state index in [1.165, 1.54) is 104 Å². The number of hydrogen-bond acceptors (Lipinski definition) is 1. The molecule has 11 rings (SSSR count). The van der Waals surface area contributed by atoms with E-state index >= 15 is 0 Å². The second-order valence-corrected chi connectivity index (χ2v) is 15.8. The van der Waals surface area contributed by atoms with Gasteiger partial charge in [0.15, 0.2) is 0 Å². The highest BCUT2D eigenvalue weighted by Gasteiger charge is 2.36. The van der Waals surface area contributed by atoms with Crippen LogP contribution in [0.15, 0.2) is 181 Å². The molecule has 1 heterocycles. The number of rotatable bonds is 5. The summed E-state index contributed by atoms with van der Waals surface area (Å²) in [6, 6.07) is 56.3. The third-order valence-corrected chi connectivity index (χ3v) is 13.0. The Bertz CT molecular complexity index is 2910. The molecule has 260 valence electrons. The topological polar surface area (TPSA) is 0 Å². The van der Waals surface area contributed by atoms with E-state index in [1.54, 1.807) is 0 Å². The largest absolute Gasteiger partial charge is 0.142 e. The molecule has 0 spiro atoms. The first-order valence-corrected chi connectivity index (χ1v) is 20.4. The lowest BCUT2D eigenvalue weighted by Gasteiger charge is -2.34. The molecule has 0 amide bonds. The molecule has 3 aliphatic carbocycles. The van der Waals surface area contributed by atoms with Gasteiger partial charge in [0.05, 0.1) is 0 Å². The summed E-state index contributed by atoms with van der Waals surface area (Å²) in [5, 5.41) is 7.62. The van der Waals surface area contributed by atoms with Crippen LogP contribution in [-0.2, 0) is 6.42 Å². The lowest BCUT2D eigenvalue weighted by Crippen LogP contribution is -2.16. The molecule has 0 N–H and O–H groups in total. The molecule has 0 saturated heterocycles. The van der Waals surface area contributed by atoms with Crippen molar-refractivity contribution in [1.29, 1.82) is 0 Å². The Kier molecular flexibility index (Phi) is 7.74. The maximum absolute atomic E-state index is 2.41. The van der Waals surface area contributed by atoms with E-state index in [9.17, 15) is 0 Å². The normalized spacial score (nSPS) is 15.9. The van der Waals surface area contributed by atoms with Gasteiger partial charge >= 0.3 is 0 Å². The standard InChI is InChI=1S/C54H38S/c1-3-16-36(17-4-1)48-34-55-54-51(37-19-5-2-6-20-37)50(44-25-11-14-28-47(44)53(48)54)39-32-30-38(31-33-39)49-42-23-9-12-26-45(42)52(46-27-13-10-24-43(46)49)41-29-15-21-35-18-7-8-22-40(35)41/h1-12,14-24,26,28-34,44H,13,25,27H2. The van der Waals surface area contributed by atoms with E-state index in [2.05, 4.69) is 187 Å². The Balaban J connectivity index is 1.12. The van der Waals surface area contributed by atoms with Crippen molar-refractivity contribution >= 4 is 55.7 Å². The van der Waals surface area contributed by atoms with Crippen molar-refractivity contribution in [2.75, 3.05) is 0 Å². The third kappa shape index (κ3) is 5.18. The van der Waals surface area contributed by atoms with Gasteiger partial charge in [0.2, 0.25) is 0 Å². The molecule has 7 aromatic carbocycles. The van der Waals surface area contributed by atoms with Gasteiger partial charge in [0.25, 0.3) is 0 Å². The molecule has 0 saturated carbocycles. The van der Waals surface area contributed by atoms with Crippen molar-refractivity contribution in [3.05, 3.63) is 214 Å². The molecule has 8 aromatic rings. The fourth-order valence-electron chi connectivity index (χ4n) is 9.62.